The van der Waals surface area contributed by atoms with Crippen molar-refractivity contribution in [3.8, 4) is 0 Å². The standard InChI is InChI=1S/C16H15BrFNO/c1-11(12-6-8-13(18)9-7-12)10-19-16(20)14-4-2-3-5-15(14)17/h2-9,11H,10H2,1H3,(H,19,20). The van der Waals surface area contributed by atoms with Crippen LogP contribution in [0.15, 0.2) is 53.0 Å². The van der Waals surface area contributed by atoms with Gasteiger partial charge in [-0.2, -0.15) is 0 Å². The largest absolute Gasteiger partial charge is 0.351 e. The molecule has 1 N–H and O–H groups in total. The summed E-state index contributed by atoms with van der Waals surface area (Å²) in [5.41, 5.74) is 1.61. The minimum atomic E-state index is -0.252. The van der Waals surface area contributed by atoms with Crippen LogP contribution in [0.1, 0.15) is 28.8 Å². The second-order valence-corrected chi connectivity index (χ2v) is 5.50. The number of nitrogens with one attached hydrogen (secondary N) is 1. The predicted octanol–water partition coefficient (Wildman–Crippen LogP) is 4.12. The second-order valence-electron chi connectivity index (χ2n) is 4.64. The fourth-order valence-electron chi connectivity index (χ4n) is 1.90. The number of rotatable bonds is 4. The fourth-order valence-corrected chi connectivity index (χ4v) is 2.36. The van der Waals surface area contributed by atoms with Crippen LogP contribution in [0.4, 0.5) is 4.39 Å². The Bertz CT molecular complexity index is 598. The third kappa shape index (κ3) is 3.67. The van der Waals surface area contributed by atoms with Gasteiger partial charge in [0.05, 0.1) is 5.56 Å². The molecule has 1 unspecified atom stereocenters. The molecule has 2 nitrogen and oxygen atoms in total. The van der Waals surface area contributed by atoms with E-state index < -0.39 is 0 Å². The van der Waals surface area contributed by atoms with E-state index in [2.05, 4.69) is 21.2 Å². The molecular formula is C16H15BrFNO. The van der Waals surface area contributed by atoms with Crippen LogP contribution in [0.5, 0.6) is 0 Å². The van der Waals surface area contributed by atoms with Gasteiger partial charge >= 0.3 is 0 Å². The van der Waals surface area contributed by atoms with Crippen molar-refractivity contribution in [3.05, 3.63) is 69.9 Å². The van der Waals surface area contributed by atoms with Crippen LogP contribution in [0.25, 0.3) is 0 Å². The maximum Gasteiger partial charge on any atom is 0.252 e. The molecule has 0 aromatic heterocycles. The zero-order valence-electron chi connectivity index (χ0n) is 11.1. The summed E-state index contributed by atoms with van der Waals surface area (Å²) in [6.45, 7) is 2.50. The van der Waals surface area contributed by atoms with Gasteiger partial charge in [0.2, 0.25) is 0 Å². The molecule has 0 aliphatic rings. The van der Waals surface area contributed by atoms with Crippen molar-refractivity contribution >= 4 is 21.8 Å². The van der Waals surface area contributed by atoms with Gasteiger partial charge in [-0.3, -0.25) is 4.79 Å². The van der Waals surface area contributed by atoms with E-state index in [4.69, 9.17) is 0 Å². The summed E-state index contributed by atoms with van der Waals surface area (Å²) in [5, 5.41) is 2.89. The van der Waals surface area contributed by atoms with E-state index in [0.29, 0.717) is 12.1 Å². The van der Waals surface area contributed by atoms with Gasteiger partial charge in [0.15, 0.2) is 0 Å². The molecule has 0 fully saturated rings. The Morgan fingerprint density at radius 1 is 1.20 bits per heavy atom. The highest BCUT2D eigenvalue weighted by atomic mass is 79.9. The fraction of sp³-hybridized carbons (Fsp3) is 0.188. The summed E-state index contributed by atoms with van der Waals surface area (Å²) in [6.07, 6.45) is 0. The van der Waals surface area contributed by atoms with Crippen molar-refractivity contribution in [1.29, 1.82) is 0 Å². The number of carbonyl (C=O) groups excluding carboxylic acids is 1. The molecule has 104 valence electrons. The van der Waals surface area contributed by atoms with Gasteiger partial charge in [-0.25, -0.2) is 4.39 Å². The van der Waals surface area contributed by atoms with Gasteiger partial charge < -0.3 is 5.32 Å². The molecule has 0 saturated carbocycles. The summed E-state index contributed by atoms with van der Waals surface area (Å²) < 4.78 is 13.6. The maximum atomic E-state index is 12.9. The molecule has 0 heterocycles. The minimum Gasteiger partial charge on any atom is -0.351 e. The lowest BCUT2D eigenvalue weighted by Gasteiger charge is -2.13. The van der Waals surface area contributed by atoms with E-state index in [1.165, 1.54) is 12.1 Å². The van der Waals surface area contributed by atoms with E-state index in [-0.39, 0.29) is 17.6 Å². The van der Waals surface area contributed by atoms with E-state index in [1.54, 1.807) is 18.2 Å². The molecule has 0 spiro atoms. The Kier molecular flexibility index (Phi) is 4.90. The van der Waals surface area contributed by atoms with Crippen LogP contribution in [0.2, 0.25) is 0 Å². The zero-order valence-corrected chi connectivity index (χ0v) is 12.7. The van der Waals surface area contributed by atoms with Crippen LogP contribution >= 0.6 is 15.9 Å². The molecule has 2 rings (SSSR count). The molecule has 0 radical (unpaired) electrons. The van der Waals surface area contributed by atoms with E-state index in [9.17, 15) is 9.18 Å². The lowest BCUT2D eigenvalue weighted by Crippen LogP contribution is -2.27. The SMILES string of the molecule is CC(CNC(=O)c1ccccc1Br)c1ccc(F)cc1. The molecule has 0 aliphatic carbocycles. The predicted molar refractivity (Wildman–Crippen MR) is 81.3 cm³/mol. The number of benzene rings is 2. The van der Waals surface area contributed by atoms with Crippen molar-refractivity contribution in [2.45, 2.75) is 12.8 Å². The van der Waals surface area contributed by atoms with Crippen molar-refractivity contribution in [1.82, 2.24) is 5.32 Å². The molecule has 1 amide bonds. The van der Waals surface area contributed by atoms with Crippen molar-refractivity contribution in [2.24, 2.45) is 0 Å². The van der Waals surface area contributed by atoms with Crippen LogP contribution in [-0.4, -0.2) is 12.5 Å². The summed E-state index contributed by atoms with van der Waals surface area (Å²) in [4.78, 5) is 12.1. The molecule has 0 aliphatic heterocycles. The summed E-state index contributed by atoms with van der Waals surface area (Å²) in [5.74, 6) is -0.244. The molecule has 4 heteroatoms. The highest BCUT2D eigenvalue weighted by Crippen LogP contribution is 2.17. The maximum absolute atomic E-state index is 12.9. The third-order valence-corrected chi connectivity index (χ3v) is 3.82. The van der Waals surface area contributed by atoms with Crippen LogP contribution in [0.3, 0.4) is 0 Å². The zero-order chi connectivity index (χ0) is 14.5. The topological polar surface area (TPSA) is 29.1 Å². The Hall–Kier alpha value is -1.68. The smallest absolute Gasteiger partial charge is 0.252 e. The van der Waals surface area contributed by atoms with Crippen molar-refractivity contribution in [3.63, 3.8) is 0 Å². The van der Waals surface area contributed by atoms with Gasteiger partial charge in [-0.1, -0.05) is 31.2 Å². The highest BCUT2D eigenvalue weighted by molar-refractivity contribution is 9.10. The second kappa shape index (κ2) is 6.66. The normalized spacial score (nSPS) is 11.9. The van der Waals surface area contributed by atoms with E-state index in [0.717, 1.165) is 10.0 Å². The minimum absolute atomic E-state index is 0.119. The first kappa shape index (κ1) is 14.7. The van der Waals surface area contributed by atoms with Gasteiger partial charge in [-0.15, -0.1) is 0 Å². The quantitative estimate of drug-likeness (QED) is 0.894. The molecule has 20 heavy (non-hydrogen) atoms. The Labute approximate surface area is 126 Å². The van der Waals surface area contributed by atoms with Crippen LogP contribution in [-0.2, 0) is 0 Å². The van der Waals surface area contributed by atoms with Gasteiger partial charge in [0, 0.05) is 11.0 Å². The van der Waals surface area contributed by atoms with Crippen LogP contribution < -0.4 is 5.32 Å². The summed E-state index contributed by atoms with van der Waals surface area (Å²) >= 11 is 3.35. The number of carbonyl (C=O) groups is 1. The third-order valence-electron chi connectivity index (χ3n) is 3.13. The molecular weight excluding hydrogens is 321 g/mol. The summed E-state index contributed by atoms with van der Waals surface area (Å²) in [7, 11) is 0. The van der Waals surface area contributed by atoms with Crippen molar-refractivity contribution in [2.75, 3.05) is 6.54 Å². The molecule has 2 aromatic rings. The number of halogens is 2. The average molecular weight is 336 g/mol. The van der Waals surface area contributed by atoms with E-state index in [1.807, 2.05) is 25.1 Å². The Balaban J connectivity index is 1.97. The first-order valence-electron chi connectivity index (χ1n) is 6.36. The van der Waals surface area contributed by atoms with Gasteiger partial charge in [0.1, 0.15) is 5.82 Å². The first-order valence-corrected chi connectivity index (χ1v) is 7.15. The number of amides is 1. The Morgan fingerprint density at radius 2 is 1.85 bits per heavy atom. The molecule has 0 bridgehead atoms. The lowest BCUT2D eigenvalue weighted by atomic mass is 10.0. The Morgan fingerprint density at radius 3 is 2.50 bits per heavy atom. The van der Waals surface area contributed by atoms with Crippen molar-refractivity contribution < 1.29 is 9.18 Å². The summed E-state index contributed by atoms with van der Waals surface area (Å²) in [6, 6.07) is 13.6. The first-order chi connectivity index (χ1) is 9.58. The number of hydrogen-bond acceptors (Lipinski definition) is 1. The molecule has 2 aromatic carbocycles. The van der Waals surface area contributed by atoms with E-state index >= 15 is 0 Å². The monoisotopic (exact) mass is 335 g/mol. The van der Waals surface area contributed by atoms with Gasteiger partial charge in [-0.05, 0) is 51.7 Å². The number of hydrogen-bond donors (Lipinski definition) is 1. The average Bonchev–Trinajstić information content (AvgIpc) is 2.45. The van der Waals surface area contributed by atoms with Crippen LogP contribution in [0, 0.1) is 5.82 Å². The molecule has 0 saturated heterocycles. The lowest BCUT2D eigenvalue weighted by molar-refractivity contribution is 0.0951. The van der Waals surface area contributed by atoms with Gasteiger partial charge in [0.25, 0.3) is 5.91 Å². The highest BCUT2D eigenvalue weighted by Gasteiger charge is 2.11. The molecule has 1 atom stereocenters.